The number of hydrogen-bond acceptors (Lipinski definition) is 4. The molecule has 0 amide bonds. The Balaban J connectivity index is 2.63. The maximum Gasteiger partial charge on any atom is 0.287 e. The third kappa shape index (κ3) is 2.17. The first kappa shape index (κ1) is 12.0. The van der Waals surface area contributed by atoms with Gasteiger partial charge in [0.25, 0.3) is 10.0 Å². The quantitative estimate of drug-likeness (QED) is 0.767. The van der Waals surface area contributed by atoms with Crippen LogP contribution in [0.2, 0.25) is 0 Å². The van der Waals surface area contributed by atoms with Crippen molar-refractivity contribution in [2.45, 2.75) is 32.6 Å². The summed E-state index contributed by atoms with van der Waals surface area (Å²) in [6.45, 7) is 7.49. The van der Waals surface area contributed by atoms with Crippen molar-refractivity contribution in [1.29, 1.82) is 0 Å². The summed E-state index contributed by atoms with van der Waals surface area (Å²) in [5.74, 6) is 0.775. The van der Waals surface area contributed by atoms with Crippen LogP contribution in [0.4, 0.5) is 5.82 Å². The van der Waals surface area contributed by atoms with E-state index in [0.29, 0.717) is 11.7 Å². The molecule has 5 nitrogen and oxygen atoms in total. The fourth-order valence-electron chi connectivity index (χ4n) is 1.46. The molecule has 1 N–H and O–H groups in total. The summed E-state index contributed by atoms with van der Waals surface area (Å²) in [7, 11) is -3.63. The Hall–Kier alpha value is -1.43. The summed E-state index contributed by atoms with van der Waals surface area (Å²) in [4.78, 5) is 4.25. The Morgan fingerprint density at radius 2 is 1.94 bits per heavy atom. The maximum atomic E-state index is 12.0. The highest BCUT2D eigenvalue weighted by Crippen LogP contribution is 2.30. The van der Waals surface area contributed by atoms with Crippen LogP contribution in [0, 0.1) is 12.3 Å². The van der Waals surface area contributed by atoms with E-state index in [2.05, 4.69) is 14.7 Å². The van der Waals surface area contributed by atoms with Crippen molar-refractivity contribution in [2.75, 3.05) is 5.32 Å². The minimum Gasteiger partial charge on any atom is -0.326 e. The summed E-state index contributed by atoms with van der Waals surface area (Å²) in [5, 5.41) is 2.98. The molecular formula is C11H15N3O2S. The van der Waals surface area contributed by atoms with Crippen LogP contribution in [-0.2, 0) is 10.0 Å². The topological polar surface area (TPSA) is 71.4 Å². The van der Waals surface area contributed by atoms with Gasteiger partial charge in [-0.1, -0.05) is 20.8 Å². The van der Waals surface area contributed by atoms with Crippen molar-refractivity contribution in [3.63, 3.8) is 0 Å². The van der Waals surface area contributed by atoms with E-state index in [1.807, 2.05) is 20.8 Å². The third-order valence-electron chi connectivity index (χ3n) is 2.43. The van der Waals surface area contributed by atoms with Gasteiger partial charge in [-0.15, -0.1) is 4.40 Å². The van der Waals surface area contributed by atoms with Gasteiger partial charge in [-0.2, -0.15) is 8.42 Å². The number of aromatic nitrogens is 1. The summed E-state index contributed by atoms with van der Waals surface area (Å²) >= 11 is 0. The number of amidine groups is 1. The fourth-order valence-corrected chi connectivity index (χ4v) is 2.80. The minimum atomic E-state index is -3.63. The molecule has 92 valence electrons. The van der Waals surface area contributed by atoms with E-state index in [0.717, 1.165) is 5.56 Å². The van der Waals surface area contributed by atoms with Crippen LogP contribution < -0.4 is 5.32 Å². The molecule has 2 rings (SSSR count). The minimum absolute atomic E-state index is 0.144. The maximum absolute atomic E-state index is 12.0. The monoisotopic (exact) mass is 253 g/mol. The second-order valence-electron chi connectivity index (χ2n) is 5.15. The molecule has 0 saturated carbocycles. The van der Waals surface area contributed by atoms with E-state index < -0.39 is 10.0 Å². The molecule has 6 heteroatoms. The second-order valence-corrected chi connectivity index (χ2v) is 6.72. The van der Waals surface area contributed by atoms with E-state index in [1.165, 1.54) is 0 Å². The van der Waals surface area contributed by atoms with Gasteiger partial charge in [0.05, 0.1) is 0 Å². The standard InChI is InChI=1S/C11H15N3O2S/c1-7-5-8-9(12-6-7)13-10(11(2,3)4)14-17(8,15)16/h5-6H,1-4H3,(H,12,13,14). The number of nitrogens with zero attached hydrogens (tertiary/aromatic N) is 2. The van der Waals surface area contributed by atoms with Crippen LogP contribution in [0.1, 0.15) is 26.3 Å². The number of sulfonamides is 1. The van der Waals surface area contributed by atoms with Gasteiger partial charge in [-0.3, -0.25) is 0 Å². The van der Waals surface area contributed by atoms with Gasteiger partial charge in [0.2, 0.25) is 0 Å². The highest BCUT2D eigenvalue weighted by Gasteiger charge is 2.31. The Morgan fingerprint density at radius 1 is 1.29 bits per heavy atom. The molecule has 0 aliphatic carbocycles. The number of pyridine rings is 1. The first-order valence-corrected chi connectivity index (χ1v) is 6.73. The molecule has 2 heterocycles. The normalized spacial score (nSPS) is 18.0. The van der Waals surface area contributed by atoms with Gasteiger partial charge in [0, 0.05) is 11.6 Å². The van der Waals surface area contributed by atoms with Crippen LogP contribution in [0.3, 0.4) is 0 Å². The average Bonchev–Trinajstić information content (AvgIpc) is 2.16. The van der Waals surface area contributed by atoms with Crippen LogP contribution in [-0.4, -0.2) is 19.2 Å². The molecule has 1 aliphatic heterocycles. The molecule has 0 spiro atoms. The Bertz CT molecular complexity index is 598. The Labute approximate surface area is 101 Å². The molecule has 0 radical (unpaired) electrons. The van der Waals surface area contributed by atoms with E-state index in [9.17, 15) is 8.42 Å². The third-order valence-corrected chi connectivity index (χ3v) is 3.72. The number of nitrogens with one attached hydrogen (secondary N) is 1. The van der Waals surface area contributed by atoms with Crippen molar-refractivity contribution in [3.05, 3.63) is 17.8 Å². The number of hydrogen-bond donors (Lipinski definition) is 1. The molecule has 0 aromatic carbocycles. The molecule has 0 bridgehead atoms. The van der Waals surface area contributed by atoms with E-state index in [1.54, 1.807) is 19.2 Å². The molecule has 1 aliphatic rings. The average molecular weight is 253 g/mol. The van der Waals surface area contributed by atoms with Crippen molar-refractivity contribution in [3.8, 4) is 0 Å². The molecule has 0 saturated heterocycles. The SMILES string of the molecule is Cc1cnc2c(c1)S(=O)(=O)N=C(C(C)(C)C)N2. The Morgan fingerprint density at radius 3 is 2.53 bits per heavy atom. The van der Waals surface area contributed by atoms with Gasteiger partial charge < -0.3 is 5.32 Å². The van der Waals surface area contributed by atoms with Gasteiger partial charge in [-0.25, -0.2) is 4.98 Å². The Kier molecular flexibility index (Phi) is 2.50. The predicted molar refractivity (Wildman–Crippen MR) is 66.7 cm³/mol. The number of fused-ring (bicyclic) bond motifs is 1. The molecule has 1 aromatic rings. The lowest BCUT2D eigenvalue weighted by atomic mass is 9.95. The van der Waals surface area contributed by atoms with Crippen molar-refractivity contribution < 1.29 is 8.42 Å². The van der Waals surface area contributed by atoms with Gasteiger partial charge >= 0.3 is 0 Å². The van der Waals surface area contributed by atoms with E-state index in [-0.39, 0.29) is 10.3 Å². The van der Waals surface area contributed by atoms with Crippen molar-refractivity contribution in [2.24, 2.45) is 9.81 Å². The lowest BCUT2D eigenvalue weighted by molar-refractivity contribution is 0.577. The first-order chi connectivity index (χ1) is 7.70. The summed E-state index contributed by atoms with van der Waals surface area (Å²) in [6, 6.07) is 1.58. The van der Waals surface area contributed by atoms with E-state index in [4.69, 9.17) is 0 Å². The largest absolute Gasteiger partial charge is 0.326 e. The van der Waals surface area contributed by atoms with Crippen molar-refractivity contribution >= 4 is 21.7 Å². The lowest BCUT2D eigenvalue weighted by Gasteiger charge is -2.26. The highest BCUT2D eigenvalue weighted by atomic mass is 32.2. The second kappa shape index (κ2) is 3.53. The van der Waals surface area contributed by atoms with E-state index >= 15 is 0 Å². The molecule has 1 aromatic heterocycles. The lowest BCUT2D eigenvalue weighted by Crippen LogP contribution is -2.33. The number of aryl methyl sites for hydroxylation is 1. The molecule has 0 unspecified atom stereocenters. The van der Waals surface area contributed by atoms with Crippen LogP contribution >= 0.6 is 0 Å². The van der Waals surface area contributed by atoms with Gasteiger partial charge in [0.15, 0.2) is 5.82 Å². The molecular weight excluding hydrogens is 238 g/mol. The number of rotatable bonds is 0. The van der Waals surface area contributed by atoms with Crippen molar-refractivity contribution in [1.82, 2.24) is 4.98 Å². The van der Waals surface area contributed by atoms with Crippen LogP contribution in [0.5, 0.6) is 0 Å². The predicted octanol–water partition coefficient (Wildman–Crippen LogP) is 1.95. The molecule has 17 heavy (non-hydrogen) atoms. The summed E-state index contributed by atoms with van der Waals surface area (Å²) in [6.07, 6.45) is 1.63. The zero-order chi connectivity index (χ0) is 12.8. The van der Waals surface area contributed by atoms with Crippen LogP contribution in [0.25, 0.3) is 0 Å². The highest BCUT2D eigenvalue weighted by molar-refractivity contribution is 7.90. The molecule has 0 fully saturated rings. The zero-order valence-corrected chi connectivity index (χ0v) is 11.1. The zero-order valence-electron chi connectivity index (χ0n) is 10.3. The smallest absolute Gasteiger partial charge is 0.287 e. The summed E-state index contributed by atoms with van der Waals surface area (Å²) < 4.78 is 27.8. The van der Waals surface area contributed by atoms with Crippen LogP contribution in [0.15, 0.2) is 21.6 Å². The van der Waals surface area contributed by atoms with Gasteiger partial charge in [0.1, 0.15) is 10.7 Å². The number of anilines is 1. The summed E-state index contributed by atoms with van der Waals surface area (Å²) in [5.41, 5.74) is 0.431. The molecule has 0 atom stereocenters. The fraction of sp³-hybridized carbons (Fsp3) is 0.455. The van der Waals surface area contributed by atoms with Gasteiger partial charge in [-0.05, 0) is 18.6 Å². The first-order valence-electron chi connectivity index (χ1n) is 5.29.